The molecule has 2 heterocycles. The summed E-state index contributed by atoms with van der Waals surface area (Å²) in [5, 5.41) is 5.26. The average Bonchev–Trinajstić information content (AvgIpc) is 3.02. The molecule has 0 aliphatic carbocycles. The number of rotatable bonds is 6. The van der Waals surface area contributed by atoms with Gasteiger partial charge in [0.2, 0.25) is 5.91 Å². The summed E-state index contributed by atoms with van der Waals surface area (Å²) in [6.07, 6.45) is 2.53. The minimum atomic E-state index is 0. The fourth-order valence-corrected chi connectivity index (χ4v) is 3.11. The molecule has 0 saturated carbocycles. The van der Waals surface area contributed by atoms with Crippen LogP contribution in [0.2, 0.25) is 0 Å². The first-order valence-electron chi connectivity index (χ1n) is 6.76. The van der Waals surface area contributed by atoms with Crippen LogP contribution in [0.4, 0.5) is 0 Å². The van der Waals surface area contributed by atoms with Gasteiger partial charge in [0.1, 0.15) is 0 Å². The molecule has 1 amide bonds. The van der Waals surface area contributed by atoms with Crippen molar-refractivity contribution in [3.05, 3.63) is 21.9 Å². The highest BCUT2D eigenvalue weighted by Crippen LogP contribution is 2.17. The molecule has 0 aromatic carbocycles. The van der Waals surface area contributed by atoms with Crippen LogP contribution in [0, 0.1) is 6.92 Å². The molecule has 1 aliphatic rings. The molecule has 0 spiro atoms. The van der Waals surface area contributed by atoms with Crippen molar-refractivity contribution in [2.24, 2.45) is 0 Å². The Morgan fingerprint density at radius 2 is 2.40 bits per heavy atom. The van der Waals surface area contributed by atoms with Crippen LogP contribution in [0.5, 0.6) is 0 Å². The lowest BCUT2D eigenvalue weighted by Crippen LogP contribution is -2.38. The van der Waals surface area contributed by atoms with Gasteiger partial charge in [0.25, 0.3) is 0 Å². The van der Waals surface area contributed by atoms with Gasteiger partial charge < -0.3 is 15.0 Å². The molecule has 1 saturated heterocycles. The molecular weight excluding hydrogens is 296 g/mol. The second-order valence-corrected chi connectivity index (χ2v) is 6.04. The lowest BCUT2D eigenvalue weighted by Gasteiger charge is -2.18. The number of aryl methyl sites for hydroxylation is 1. The first kappa shape index (κ1) is 17.4. The number of halogens is 1. The summed E-state index contributed by atoms with van der Waals surface area (Å²) >= 11 is 1.71. The predicted molar refractivity (Wildman–Crippen MR) is 84.6 cm³/mol. The quantitative estimate of drug-likeness (QED) is 0.874. The number of hydrogen-bond donors (Lipinski definition) is 1. The van der Waals surface area contributed by atoms with E-state index in [0.717, 1.165) is 26.0 Å². The summed E-state index contributed by atoms with van der Waals surface area (Å²) in [6.45, 7) is 4.81. The van der Waals surface area contributed by atoms with Crippen LogP contribution >= 0.6 is 23.7 Å². The maximum Gasteiger partial charge on any atom is 0.236 e. The molecule has 1 aliphatic heterocycles. The SMILES string of the molecule is Cc1ccsc1CN(C)C(=O)CNCC1CCCO1.Cl. The maximum absolute atomic E-state index is 12.0. The largest absolute Gasteiger partial charge is 0.377 e. The van der Waals surface area contributed by atoms with E-state index >= 15 is 0 Å². The van der Waals surface area contributed by atoms with Gasteiger partial charge in [0.05, 0.1) is 19.2 Å². The monoisotopic (exact) mass is 318 g/mol. The van der Waals surface area contributed by atoms with Gasteiger partial charge in [-0.15, -0.1) is 23.7 Å². The van der Waals surface area contributed by atoms with Gasteiger partial charge in [-0.3, -0.25) is 4.79 Å². The number of carbonyl (C=O) groups is 1. The molecular formula is C14H23ClN2O2S. The smallest absolute Gasteiger partial charge is 0.236 e. The summed E-state index contributed by atoms with van der Waals surface area (Å²) in [5.74, 6) is 0.130. The number of likely N-dealkylation sites (N-methyl/N-ethyl adjacent to an activating group) is 1. The third-order valence-electron chi connectivity index (χ3n) is 3.45. The van der Waals surface area contributed by atoms with E-state index in [0.29, 0.717) is 13.1 Å². The average molecular weight is 319 g/mol. The van der Waals surface area contributed by atoms with Crippen molar-refractivity contribution in [2.45, 2.75) is 32.4 Å². The molecule has 2 rings (SSSR count). The zero-order valence-electron chi connectivity index (χ0n) is 12.1. The van der Waals surface area contributed by atoms with Crippen molar-refractivity contribution in [1.29, 1.82) is 0 Å². The Kier molecular flexibility index (Phi) is 7.51. The van der Waals surface area contributed by atoms with E-state index in [1.807, 2.05) is 7.05 Å². The van der Waals surface area contributed by atoms with Crippen LogP contribution in [-0.4, -0.2) is 43.7 Å². The first-order valence-corrected chi connectivity index (χ1v) is 7.64. The van der Waals surface area contributed by atoms with Gasteiger partial charge in [-0.2, -0.15) is 0 Å². The lowest BCUT2D eigenvalue weighted by molar-refractivity contribution is -0.129. The molecule has 4 nitrogen and oxygen atoms in total. The van der Waals surface area contributed by atoms with Crippen molar-refractivity contribution in [2.75, 3.05) is 26.7 Å². The normalized spacial score (nSPS) is 17.8. The van der Waals surface area contributed by atoms with Crippen molar-refractivity contribution < 1.29 is 9.53 Å². The molecule has 0 radical (unpaired) electrons. The number of amides is 1. The molecule has 1 N–H and O–H groups in total. The van der Waals surface area contributed by atoms with E-state index in [4.69, 9.17) is 4.74 Å². The van der Waals surface area contributed by atoms with E-state index in [9.17, 15) is 4.79 Å². The lowest BCUT2D eigenvalue weighted by atomic mass is 10.2. The maximum atomic E-state index is 12.0. The highest BCUT2D eigenvalue weighted by molar-refractivity contribution is 7.10. The molecule has 1 aromatic heterocycles. The number of hydrogen-bond acceptors (Lipinski definition) is 4. The second-order valence-electron chi connectivity index (χ2n) is 5.04. The van der Waals surface area contributed by atoms with Gasteiger partial charge in [0.15, 0.2) is 0 Å². The molecule has 1 atom stereocenters. The molecule has 1 unspecified atom stereocenters. The van der Waals surface area contributed by atoms with Gasteiger partial charge in [-0.1, -0.05) is 0 Å². The minimum Gasteiger partial charge on any atom is -0.377 e. The van der Waals surface area contributed by atoms with Crippen molar-refractivity contribution >= 4 is 29.7 Å². The van der Waals surface area contributed by atoms with Gasteiger partial charge in [0, 0.05) is 25.1 Å². The number of carbonyl (C=O) groups excluding carboxylic acids is 1. The highest BCUT2D eigenvalue weighted by Gasteiger charge is 2.16. The van der Waals surface area contributed by atoms with Gasteiger partial charge in [-0.25, -0.2) is 0 Å². The van der Waals surface area contributed by atoms with Crippen molar-refractivity contribution in [3.63, 3.8) is 0 Å². The molecule has 114 valence electrons. The van der Waals surface area contributed by atoms with E-state index in [-0.39, 0.29) is 24.4 Å². The number of thiophene rings is 1. The van der Waals surface area contributed by atoms with E-state index in [1.54, 1.807) is 16.2 Å². The van der Waals surface area contributed by atoms with E-state index in [1.165, 1.54) is 10.4 Å². The Morgan fingerprint density at radius 1 is 1.60 bits per heavy atom. The Morgan fingerprint density at radius 3 is 3.00 bits per heavy atom. The van der Waals surface area contributed by atoms with Crippen LogP contribution in [0.25, 0.3) is 0 Å². The standard InChI is InChI=1S/C14H22N2O2S.ClH/c1-11-5-7-19-13(11)10-16(2)14(17)9-15-8-12-4-3-6-18-12;/h5,7,12,15H,3-4,6,8-10H2,1-2H3;1H. The van der Waals surface area contributed by atoms with Crippen molar-refractivity contribution in [1.82, 2.24) is 10.2 Å². The summed E-state index contributed by atoms with van der Waals surface area (Å²) in [7, 11) is 1.86. The number of ether oxygens (including phenoxy) is 1. The van der Waals surface area contributed by atoms with Crippen LogP contribution in [0.15, 0.2) is 11.4 Å². The van der Waals surface area contributed by atoms with Gasteiger partial charge in [-0.05, 0) is 36.8 Å². The Labute approximate surface area is 130 Å². The van der Waals surface area contributed by atoms with Crippen LogP contribution in [0.3, 0.4) is 0 Å². The third-order valence-corrected chi connectivity index (χ3v) is 4.45. The molecule has 0 bridgehead atoms. The molecule has 1 aromatic rings. The van der Waals surface area contributed by atoms with E-state index in [2.05, 4.69) is 23.7 Å². The topological polar surface area (TPSA) is 41.6 Å². The fraction of sp³-hybridized carbons (Fsp3) is 0.643. The van der Waals surface area contributed by atoms with Crippen LogP contribution < -0.4 is 5.32 Å². The fourth-order valence-electron chi connectivity index (χ4n) is 2.15. The zero-order valence-corrected chi connectivity index (χ0v) is 13.7. The Hall–Kier alpha value is -0.620. The first-order chi connectivity index (χ1) is 9.16. The summed E-state index contributed by atoms with van der Waals surface area (Å²) < 4.78 is 5.51. The van der Waals surface area contributed by atoms with Crippen LogP contribution in [-0.2, 0) is 16.1 Å². The predicted octanol–water partition coefficient (Wildman–Crippen LogP) is 2.21. The number of nitrogens with one attached hydrogen (secondary N) is 1. The number of nitrogens with zero attached hydrogens (tertiary/aromatic N) is 1. The second kappa shape index (κ2) is 8.62. The summed E-state index contributed by atoms with van der Waals surface area (Å²) in [4.78, 5) is 15.0. The minimum absolute atomic E-state index is 0. The summed E-state index contributed by atoms with van der Waals surface area (Å²) in [5.41, 5.74) is 1.26. The summed E-state index contributed by atoms with van der Waals surface area (Å²) in [6, 6.07) is 2.09. The Balaban J connectivity index is 0.00000200. The molecule has 6 heteroatoms. The highest BCUT2D eigenvalue weighted by atomic mass is 35.5. The van der Waals surface area contributed by atoms with Crippen molar-refractivity contribution in [3.8, 4) is 0 Å². The van der Waals surface area contributed by atoms with E-state index < -0.39 is 0 Å². The molecule has 1 fully saturated rings. The van der Waals surface area contributed by atoms with Crippen LogP contribution in [0.1, 0.15) is 23.3 Å². The molecule has 20 heavy (non-hydrogen) atoms. The van der Waals surface area contributed by atoms with Gasteiger partial charge >= 0.3 is 0 Å². The Bertz CT molecular complexity index is 419. The third kappa shape index (κ3) is 5.05. The zero-order chi connectivity index (χ0) is 13.7.